The molecule has 1 saturated carbocycles. The molecule has 2 nitrogen and oxygen atoms in total. The predicted octanol–water partition coefficient (Wildman–Crippen LogP) is 3.08. The van der Waals surface area contributed by atoms with E-state index >= 15 is 0 Å². The number of halogens is 1. The molecule has 0 aliphatic heterocycles. The van der Waals surface area contributed by atoms with Gasteiger partial charge in [0.15, 0.2) is 0 Å². The second kappa shape index (κ2) is 5.05. The molecule has 0 amide bonds. The molecule has 0 saturated heterocycles. The first kappa shape index (κ1) is 12.4. The summed E-state index contributed by atoms with van der Waals surface area (Å²) in [6.45, 7) is 5.76. The van der Waals surface area contributed by atoms with Gasteiger partial charge in [-0.3, -0.25) is 0 Å². The fourth-order valence-corrected chi connectivity index (χ4v) is 2.22. The van der Waals surface area contributed by atoms with E-state index in [0.717, 1.165) is 24.6 Å². The molecular weight excluding hydrogens is 215 g/mol. The number of rotatable bonds is 5. The van der Waals surface area contributed by atoms with E-state index in [4.69, 9.17) is 5.73 Å². The van der Waals surface area contributed by atoms with Gasteiger partial charge in [-0.25, -0.2) is 4.39 Å². The van der Waals surface area contributed by atoms with Crippen molar-refractivity contribution in [3.05, 3.63) is 29.6 Å². The summed E-state index contributed by atoms with van der Waals surface area (Å²) in [5.41, 5.74) is 7.54. The molecule has 1 fully saturated rings. The Morgan fingerprint density at radius 1 is 1.47 bits per heavy atom. The van der Waals surface area contributed by atoms with Crippen LogP contribution in [0.2, 0.25) is 0 Å². The molecule has 1 aromatic carbocycles. The highest BCUT2D eigenvalue weighted by Gasteiger charge is 2.26. The number of hydrogen-bond acceptors (Lipinski definition) is 2. The van der Waals surface area contributed by atoms with Gasteiger partial charge in [0.25, 0.3) is 0 Å². The van der Waals surface area contributed by atoms with E-state index in [1.807, 2.05) is 13.0 Å². The third-order valence-corrected chi connectivity index (χ3v) is 3.38. The quantitative estimate of drug-likeness (QED) is 0.851. The zero-order valence-corrected chi connectivity index (χ0v) is 10.6. The molecule has 0 spiro atoms. The monoisotopic (exact) mass is 236 g/mol. The molecule has 0 aromatic heterocycles. The Bertz CT molecular complexity index is 386. The Balaban J connectivity index is 2.32. The third-order valence-electron chi connectivity index (χ3n) is 3.38. The van der Waals surface area contributed by atoms with Crippen molar-refractivity contribution >= 4 is 5.69 Å². The number of para-hydroxylation sites is 1. The van der Waals surface area contributed by atoms with Crippen LogP contribution >= 0.6 is 0 Å². The van der Waals surface area contributed by atoms with Crippen LogP contribution in [0.15, 0.2) is 18.2 Å². The molecule has 0 radical (unpaired) electrons. The lowest BCUT2D eigenvalue weighted by molar-refractivity contribution is 0.606. The summed E-state index contributed by atoms with van der Waals surface area (Å²) in [6, 6.07) is 5.06. The summed E-state index contributed by atoms with van der Waals surface area (Å²) in [4.78, 5) is 2.13. The minimum atomic E-state index is -0.151. The fraction of sp³-hybridized carbons (Fsp3) is 0.571. The van der Waals surface area contributed by atoms with Crippen molar-refractivity contribution in [3.63, 3.8) is 0 Å². The van der Waals surface area contributed by atoms with Gasteiger partial charge in [-0.1, -0.05) is 12.1 Å². The van der Waals surface area contributed by atoms with E-state index in [2.05, 4.69) is 11.8 Å². The maximum absolute atomic E-state index is 14.0. The van der Waals surface area contributed by atoms with Gasteiger partial charge in [0.2, 0.25) is 0 Å². The van der Waals surface area contributed by atoms with Crippen molar-refractivity contribution in [2.45, 2.75) is 32.7 Å². The molecule has 0 unspecified atom stereocenters. The van der Waals surface area contributed by atoms with Gasteiger partial charge in [0.1, 0.15) is 5.82 Å². The van der Waals surface area contributed by atoms with Crippen LogP contribution in [-0.4, -0.2) is 13.1 Å². The number of nitrogens with two attached hydrogens (primary N) is 1. The van der Waals surface area contributed by atoms with Crippen molar-refractivity contribution in [2.75, 3.05) is 18.0 Å². The normalized spacial score (nSPS) is 16.9. The smallest absolute Gasteiger partial charge is 0.146 e. The Kier molecular flexibility index (Phi) is 3.67. The zero-order chi connectivity index (χ0) is 12.4. The summed E-state index contributed by atoms with van der Waals surface area (Å²) in [7, 11) is 0. The largest absolute Gasteiger partial charge is 0.369 e. The molecule has 0 bridgehead atoms. The highest BCUT2D eigenvalue weighted by Crippen LogP contribution is 2.34. The summed E-state index contributed by atoms with van der Waals surface area (Å²) in [6.07, 6.45) is 2.55. The second-order valence-corrected chi connectivity index (χ2v) is 4.95. The standard InChI is InChI=1S/C14H21FN2/c1-3-17(9-11-7-8-11)14-12(10(2)16)5-4-6-13(14)15/h4-6,10-11H,3,7-9,16H2,1-2H3/t10-/m1/s1. The van der Waals surface area contributed by atoms with Gasteiger partial charge in [-0.2, -0.15) is 0 Å². The van der Waals surface area contributed by atoms with Crippen LogP contribution in [0.25, 0.3) is 0 Å². The third kappa shape index (κ3) is 2.78. The zero-order valence-electron chi connectivity index (χ0n) is 10.6. The van der Waals surface area contributed by atoms with Crippen LogP contribution in [0.1, 0.15) is 38.3 Å². The van der Waals surface area contributed by atoms with Crippen LogP contribution < -0.4 is 10.6 Å². The van der Waals surface area contributed by atoms with E-state index in [1.54, 1.807) is 6.07 Å². The first-order valence-electron chi connectivity index (χ1n) is 6.42. The highest BCUT2D eigenvalue weighted by molar-refractivity contribution is 5.56. The molecule has 2 N–H and O–H groups in total. The maximum atomic E-state index is 14.0. The van der Waals surface area contributed by atoms with Crippen LogP contribution in [0.5, 0.6) is 0 Å². The lowest BCUT2D eigenvalue weighted by atomic mass is 10.0. The van der Waals surface area contributed by atoms with Gasteiger partial charge >= 0.3 is 0 Å². The lowest BCUT2D eigenvalue weighted by Crippen LogP contribution is -2.28. The molecule has 3 heteroatoms. The molecule has 1 aliphatic rings. The minimum absolute atomic E-state index is 0.131. The van der Waals surface area contributed by atoms with Crippen LogP contribution in [0, 0.1) is 11.7 Å². The Morgan fingerprint density at radius 3 is 2.71 bits per heavy atom. The van der Waals surface area contributed by atoms with Gasteiger partial charge in [0, 0.05) is 19.1 Å². The highest BCUT2D eigenvalue weighted by atomic mass is 19.1. The molecule has 1 aromatic rings. The number of nitrogens with zero attached hydrogens (tertiary/aromatic N) is 1. The van der Waals surface area contributed by atoms with Crippen molar-refractivity contribution in [2.24, 2.45) is 11.7 Å². The van der Waals surface area contributed by atoms with Gasteiger partial charge in [0.05, 0.1) is 5.69 Å². The van der Waals surface area contributed by atoms with Gasteiger partial charge in [-0.15, -0.1) is 0 Å². The van der Waals surface area contributed by atoms with Gasteiger partial charge < -0.3 is 10.6 Å². The number of hydrogen-bond donors (Lipinski definition) is 1. The second-order valence-electron chi connectivity index (χ2n) is 4.95. The molecule has 0 heterocycles. The minimum Gasteiger partial charge on any atom is -0.369 e. The molecule has 94 valence electrons. The van der Waals surface area contributed by atoms with Crippen molar-refractivity contribution in [3.8, 4) is 0 Å². The predicted molar refractivity (Wildman–Crippen MR) is 69.6 cm³/mol. The Hall–Kier alpha value is -1.09. The number of benzene rings is 1. The van der Waals surface area contributed by atoms with E-state index in [0.29, 0.717) is 5.69 Å². The molecule has 1 atom stereocenters. The van der Waals surface area contributed by atoms with Crippen LogP contribution in [0.3, 0.4) is 0 Å². The van der Waals surface area contributed by atoms with Crippen LogP contribution in [0.4, 0.5) is 10.1 Å². The SMILES string of the molecule is CCN(CC1CC1)c1c(F)cccc1[C@@H](C)N. The van der Waals surface area contributed by atoms with Crippen molar-refractivity contribution < 1.29 is 4.39 Å². The fourth-order valence-electron chi connectivity index (χ4n) is 2.22. The van der Waals surface area contributed by atoms with E-state index in [1.165, 1.54) is 18.9 Å². The van der Waals surface area contributed by atoms with E-state index < -0.39 is 0 Å². The molecular formula is C14H21FN2. The molecule has 17 heavy (non-hydrogen) atoms. The summed E-state index contributed by atoms with van der Waals surface area (Å²) >= 11 is 0. The van der Waals surface area contributed by atoms with E-state index in [-0.39, 0.29) is 11.9 Å². The average molecular weight is 236 g/mol. The van der Waals surface area contributed by atoms with Crippen molar-refractivity contribution in [1.29, 1.82) is 0 Å². The van der Waals surface area contributed by atoms with Crippen LogP contribution in [-0.2, 0) is 0 Å². The summed E-state index contributed by atoms with van der Waals surface area (Å²) in [5.74, 6) is 0.595. The van der Waals surface area contributed by atoms with Crippen molar-refractivity contribution in [1.82, 2.24) is 0 Å². The Labute approximate surface area is 103 Å². The van der Waals surface area contributed by atoms with E-state index in [9.17, 15) is 4.39 Å². The number of anilines is 1. The summed E-state index contributed by atoms with van der Waals surface area (Å²) < 4.78 is 14.0. The first-order valence-corrected chi connectivity index (χ1v) is 6.42. The lowest BCUT2D eigenvalue weighted by Gasteiger charge is -2.27. The first-order chi connectivity index (χ1) is 8.13. The molecule has 2 rings (SSSR count). The Morgan fingerprint density at radius 2 is 2.18 bits per heavy atom. The summed E-state index contributed by atoms with van der Waals surface area (Å²) in [5, 5.41) is 0. The maximum Gasteiger partial charge on any atom is 0.146 e. The average Bonchev–Trinajstić information content (AvgIpc) is 3.10. The van der Waals surface area contributed by atoms with Gasteiger partial charge in [-0.05, 0) is 44.2 Å². The topological polar surface area (TPSA) is 29.3 Å². The molecule has 1 aliphatic carbocycles.